The van der Waals surface area contributed by atoms with E-state index >= 15 is 0 Å². The third-order valence-electron chi connectivity index (χ3n) is 3.00. The number of rotatable bonds is 3. The van der Waals surface area contributed by atoms with Crippen molar-refractivity contribution in [3.05, 3.63) is 68.2 Å². The first-order chi connectivity index (χ1) is 9.40. The maximum absolute atomic E-state index is 12.8. The van der Waals surface area contributed by atoms with Crippen LogP contribution in [0.25, 0.3) is 0 Å². The molecular weight excluding hydrogens is 263 g/mol. The van der Waals surface area contributed by atoms with Crippen molar-refractivity contribution in [2.75, 3.05) is 0 Å². The fraction of sp³-hybridized carbons (Fsp3) is 0.214. The van der Waals surface area contributed by atoms with Gasteiger partial charge in [-0.05, 0) is 24.6 Å². The zero-order chi connectivity index (χ0) is 14.9. The van der Waals surface area contributed by atoms with Crippen LogP contribution in [0.4, 0.5) is 4.39 Å². The number of hydrogen-bond donors (Lipinski definition) is 0. The molecular formula is C14H13FN2O3. The van der Waals surface area contributed by atoms with Gasteiger partial charge in [-0.15, -0.1) is 0 Å². The van der Waals surface area contributed by atoms with E-state index in [1.165, 1.54) is 36.9 Å². The zero-order valence-corrected chi connectivity index (χ0v) is 11.1. The van der Waals surface area contributed by atoms with Gasteiger partial charge in [0.1, 0.15) is 5.82 Å². The molecule has 0 saturated carbocycles. The topological polar surface area (TPSA) is 61.1 Å². The maximum atomic E-state index is 12.8. The van der Waals surface area contributed by atoms with E-state index in [9.17, 15) is 18.8 Å². The third-order valence-corrected chi connectivity index (χ3v) is 3.00. The lowest BCUT2D eigenvalue weighted by atomic mass is 10.2. The first-order valence-electron chi connectivity index (χ1n) is 5.96. The van der Waals surface area contributed by atoms with Crippen LogP contribution in [0.2, 0.25) is 0 Å². The third kappa shape index (κ3) is 2.59. The molecule has 0 atom stereocenters. The van der Waals surface area contributed by atoms with E-state index in [1.54, 1.807) is 12.1 Å². The normalized spacial score (nSPS) is 10.6. The van der Waals surface area contributed by atoms with Crippen molar-refractivity contribution in [2.45, 2.75) is 13.5 Å². The molecule has 1 aromatic carbocycles. The van der Waals surface area contributed by atoms with Crippen molar-refractivity contribution >= 4 is 5.78 Å². The molecule has 1 aromatic heterocycles. The zero-order valence-electron chi connectivity index (χ0n) is 11.1. The van der Waals surface area contributed by atoms with Crippen molar-refractivity contribution in [3.8, 4) is 0 Å². The minimum absolute atomic E-state index is 0.0470. The highest BCUT2D eigenvalue weighted by molar-refractivity contribution is 5.93. The summed E-state index contributed by atoms with van der Waals surface area (Å²) in [6.45, 7) is 1.43. The number of nitrogens with zero attached hydrogens (tertiary/aromatic N) is 2. The number of carbonyl (C=O) groups is 1. The lowest BCUT2D eigenvalue weighted by Gasteiger charge is -2.09. The number of hydrogen-bond acceptors (Lipinski definition) is 3. The van der Waals surface area contributed by atoms with E-state index in [1.807, 2.05) is 0 Å². The standard InChI is InChI=1S/C14H13FN2O3/c1-9(18)12-8-17(14(20)16(2)13(12)19)7-10-3-5-11(15)6-4-10/h3-6,8H,7H2,1-2H3. The Morgan fingerprint density at radius 2 is 1.80 bits per heavy atom. The van der Waals surface area contributed by atoms with Crippen molar-refractivity contribution in [3.63, 3.8) is 0 Å². The molecule has 6 heteroatoms. The molecule has 0 saturated heterocycles. The number of carbonyl (C=O) groups excluding carboxylic acids is 1. The van der Waals surface area contributed by atoms with Crippen LogP contribution in [-0.4, -0.2) is 14.9 Å². The van der Waals surface area contributed by atoms with E-state index in [-0.39, 0.29) is 17.9 Å². The summed E-state index contributed by atoms with van der Waals surface area (Å²) >= 11 is 0. The molecule has 0 aliphatic rings. The largest absolute Gasteiger partial charge is 0.331 e. The summed E-state index contributed by atoms with van der Waals surface area (Å²) in [6.07, 6.45) is 1.25. The average molecular weight is 276 g/mol. The Hall–Kier alpha value is -2.50. The average Bonchev–Trinajstić information content (AvgIpc) is 2.41. The van der Waals surface area contributed by atoms with E-state index in [4.69, 9.17) is 0 Å². The molecule has 0 amide bonds. The minimum atomic E-state index is -0.613. The number of halogens is 1. The minimum Gasteiger partial charge on any atom is -0.295 e. The first kappa shape index (κ1) is 13.9. The van der Waals surface area contributed by atoms with Gasteiger partial charge in [-0.3, -0.25) is 18.7 Å². The van der Waals surface area contributed by atoms with E-state index in [0.717, 1.165) is 4.57 Å². The van der Waals surface area contributed by atoms with Gasteiger partial charge in [0.25, 0.3) is 5.56 Å². The Bertz CT molecular complexity index is 772. The maximum Gasteiger partial charge on any atom is 0.331 e. The second kappa shape index (κ2) is 5.24. The molecule has 0 aliphatic carbocycles. The molecule has 0 aliphatic heterocycles. The van der Waals surface area contributed by atoms with Crippen LogP contribution in [0.15, 0.2) is 40.1 Å². The summed E-state index contributed by atoms with van der Waals surface area (Å²) in [4.78, 5) is 35.1. The van der Waals surface area contributed by atoms with Crippen LogP contribution < -0.4 is 11.2 Å². The smallest absolute Gasteiger partial charge is 0.295 e. The van der Waals surface area contributed by atoms with Crippen molar-refractivity contribution in [1.82, 2.24) is 9.13 Å². The van der Waals surface area contributed by atoms with E-state index in [0.29, 0.717) is 5.56 Å². The van der Waals surface area contributed by atoms with Gasteiger partial charge in [0, 0.05) is 13.2 Å². The highest BCUT2D eigenvalue weighted by atomic mass is 19.1. The summed E-state index contributed by atoms with van der Waals surface area (Å²) < 4.78 is 15.0. The Morgan fingerprint density at radius 3 is 2.35 bits per heavy atom. The van der Waals surface area contributed by atoms with Crippen LogP contribution in [-0.2, 0) is 13.6 Å². The van der Waals surface area contributed by atoms with Crippen LogP contribution >= 0.6 is 0 Å². The number of ketones is 1. The summed E-state index contributed by atoms with van der Waals surface area (Å²) in [5.41, 5.74) is -0.488. The molecule has 0 spiro atoms. The fourth-order valence-electron chi connectivity index (χ4n) is 1.87. The number of benzene rings is 1. The van der Waals surface area contributed by atoms with Gasteiger partial charge in [-0.2, -0.15) is 0 Å². The summed E-state index contributed by atoms with van der Waals surface area (Å²) in [5.74, 6) is -0.774. The van der Waals surface area contributed by atoms with Crippen LogP contribution in [0, 0.1) is 5.82 Å². The SMILES string of the molecule is CC(=O)c1cn(Cc2ccc(F)cc2)c(=O)n(C)c1=O. The van der Waals surface area contributed by atoms with Crippen molar-refractivity contribution in [2.24, 2.45) is 7.05 Å². The first-order valence-corrected chi connectivity index (χ1v) is 5.96. The molecule has 0 radical (unpaired) electrons. The highest BCUT2D eigenvalue weighted by Gasteiger charge is 2.12. The van der Waals surface area contributed by atoms with Crippen LogP contribution in [0.5, 0.6) is 0 Å². The Balaban J connectivity index is 2.52. The molecule has 1 heterocycles. The fourth-order valence-corrected chi connectivity index (χ4v) is 1.87. The predicted molar refractivity (Wildman–Crippen MR) is 71.4 cm³/mol. The number of Topliss-reactive ketones (excluding diaryl/α,β-unsaturated/α-hetero) is 1. The van der Waals surface area contributed by atoms with Crippen molar-refractivity contribution in [1.29, 1.82) is 0 Å². The van der Waals surface area contributed by atoms with Gasteiger partial charge in [-0.25, -0.2) is 9.18 Å². The molecule has 20 heavy (non-hydrogen) atoms. The molecule has 0 N–H and O–H groups in total. The summed E-state index contributed by atoms with van der Waals surface area (Å²) in [5, 5.41) is 0. The van der Waals surface area contributed by atoms with Gasteiger partial charge in [0.15, 0.2) is 5.78 Å². The van der Waals surface area contributed by atoms with Crippen LogP contribution in [0.3, 0.4) is 0 Å². The van der Waals surface area contributed by atoms with Crippen LogP contribution in [0.1, 0.15) is 22.8 Å². The van der Waals surface area contributed by atoms with Gasteiger partial charge in [-0.1, -0.05) is 12.1 Å². The van der Waals surface area contributed by atoms with Crippen molar-refractivity contribution < 1.29 is 9.18 Å². The number of aromatic nitrogens is 2. The molecule has 104 valence electrons. The molecule has 2 rings (SSSR count). The lowest BCUT2D eigenvalue weighted by Crippen LogP contribution is -2.40. The second-order valence-corrected chi connectivity index (χ2v) is 4.50. The molecule has 5 nitrogen and oxygen atoms in total. The monoisotopic (exact) mass is 276 g/mol. The molecule has 2 aromatic rings. The molecule has 0 bridgehead atoms. The van der Waals surface area contributed by atoms with Gasteiger partial charge >= 0.3 is 5.69 Å². The Morgan fingerprint density at radius 1 is 1.20 bits per heavy atom. The van der Waals surface area contributed by atoms with Gasteiger partial charge in [0.05, 0.1) is 12.1 Å². The Kier molecular flexibility index (Phi) is 3.65. The summed E-state index contributed by atoms with van der Waals surface area (Å²) in [6, 6.07) is 5.66. The second-order valence-electron chi connectivity index (χ2n) is 4.50. The van der Waals surface area contributed by atoms with Gasteiger partial charge < -0.3 is 0 Å². The Labute approximate surface area is 113 Å². The highest BCUT2D eigenvalue weighted by Crippen LogP contribution is 2.04. The molecule has 0 unspecified atom stereocenters. The van der Waals surface area contributed by atoms with Gasteiger partial charge in [0.2, 0.25) is 0 Å². The van der Waals surface area contributed by atoms with E-state index < -0.39 is 17.0 Å². The van der Waals surface area contributed by atoms with E-state index in [2.05, 4.69) is 0 Å². The lowest BCUT2D eigenvalue weighted by molar-refractivity contribution is 0.101. The molecule has 0 fully saturated rings. The quantitative estimate of drug-likeness (QED) is 0.784. The summed E-state index contributed by atoms with van der Waals surface area (Å²) in [7, 11) is 1.32. The predicted octanol–water partition coefficient (Wildman–Crippen LogP) is 0.937.